The Bertz CT molecular complexity index is 1590. The zero-order valence-electron chi connectivity index (χ0n) is 22.0. The number of amides is 2. The fraction of sp³-hybridized carbons (Fsp3) is 0.129. The second kappa shape index (κ2) is 11.9. The summed E-state index contributed by atoms with van der Waals surface area (Å²) in [5.74, 6) is 0.786. The molecule has 0 saturated carbocycles. The fourth-order valence-corrected chi connectivity index (χ4v) is 4.30. The average Bonchev–Trinajstić information content (AvgIpc) is 3.63. The van der Waals surface area contributed by atoms with Crippen LogP contribution >= 0.6 is 11.6 Å². The standard InChI is InChI=1S/C31H27ClN4O4/c1-21-5-13-25(14-6-21)36-19-28(22-7-11-24(32)12-8-22)33-31(36)34-29(37)20-35(18-27-4-3-17-40-27)30(38)23-9-15-26(39-2)16-10-23/h3-17,19H,18,20H2,1-2H3,(H,33,34,37). The third kappa shape index (κ3) is 6.24. The number of furan rings is 1. The van der Waals surface area contributed by atoms with Gasteiger partial charge >= 0.3 is 0 Å². The Labute approximate surface area is 236 Å². The van der Waals surface area contributed by atoms with E-state index in [1.807, 2.05) is 54.1 Å². The molecule has 0 aliphatic heterocycles. The average molecular weight is 555 g/mol. The molecule has 2 heterocycles. The molecule has 0 unspecified atom stereocenters. The topological polar surface area (TPSA) is 89.6 Å². The molecule has 0 atom stereocenters. The van der Waals surface area contributed by atoms with Crippen LogP contribution in [0.5, 0.6) is 5.75 Å². The number of benzene rings is 3. The summed E-state index contributed by atoms with van der Waals surface area (Å²) in [7, 11) is 1.56. The number of imidazole rings is 1. The van der Waals surface area contributed by atoms with Gasteiger partial charge in [0.05, 0.1) is 25.6 Å². The molecule has 5 rings (SSSR count). The van der Waals surface area contributed by atoms with Crippen LogP contribution in [0.2, 0.25) is 5.02 Å². The first-order valence-electron chi connectivity index (χ1n) is 12.6. The van der Waals surface area contributed by atoms with Crippen LogP contribution in [0.4, 0.5) is 5.95 Å². The van der Waals surface area contributed by atoms with Crippen LogP contribution in [0.15, 0.2) is 102 Å². The molecular weight excluding hydrogens is 528 g/mol. The number of ether oxygens (including phenoxy) is 1. The van der Waals surface area contributed by atoms with Crippen molar-refractivity contribution < 1.29 is 18.7 Å². The van der Waals surface area contributed by atoms with Gasteiger partial charge in [0, 0.05) is 28.0 Å². The van der Waals surface area contributed by atoms with Crippen LogP contribution < -0.4 is 10.1 Å². The Balaban J connectivity index is 1.42. The maximum atomic E-state index is 13.4. The van der Waals surface area contributed by atoms with Gasteiger partial charge in [0.2, 0.25) is 11.9 Å². The van der Waals surface area contributed by atoms with E-state index in [1.165, 1.54) is 11.2 Å². The second-order valence-corrected chi connectivity index (χ2v) is 9.62. The lowest BCUT2D eigenvalue weighted by molar-refractivity contribution is -0.117. The first-order chi connectivity index (χ1) is 19.4. The molecular formula is C31H27ClN4O4. The molecule has 0 radical (unpaired) electrons. The molecule has 5 aromatic rings. The van der Waals surface area contributed by atoms with Crippen LogP contribution in [0, 0.1) is 6.92 Å². The molecule has 2 aromatic heterocycles. The predicted molar refractivity (Wildman–Crippen MR) is 154 cm³/mol. The highest BCUT2D eigenvalue weighted by atomic mass is 35.5. The van der Waals surface area contributed by atoms with Gasteiger partial charge in [-0.2, -0.15) is 0 Å². The van der Waals surface area contributed by atoms with E-state index in [1.54, 1.807) is 55.6 Å². The number of aromatic nitrogens is 2. The van der Waals surface area contributed by atoms with E-state index in [0.717, 1.165) is 16.8 Å². The molecule has 0 aliphatic rings. The second-order valence-electron chi connectivity index (χ2n) is 9.18. The third-order valence-corrected chi connectivity index (χ3v) is 6.55. The van der Waals surface area contributed by atoms with Crippen LogP contribution in [-0.4, -0.2) is 39.9 Å². The van der Waals surface area contributed by atoms with E-state index >= 15 is 0 Å². The van der Waals surface area contributed by atoms with Crippen molar-refractivity contribution in [2.45, 2.75) is 13.5 Å². The smallest absolute Gasteiger partial charge is 0.254 e. The minimum atomic E-state index is -0.407. The molecule has 0 spiro atoms. The molecule has 0 aliphatic carbocycles. The molecule has 9 heteroatoms. The Hall–Kier alpha value is -4.82. The summed E-state index contributed by atoms with van der Waals surface area (Å²) in [6.45, 7) is 1.91. The number of methoxy groups -OCH3 is 1. The highest BCUT2D eigenvalue weighted by Crippen LogP contribution is 2.26. The molecule has 0 bridgehead atoms. The molecule has 0 saturated heterocycles. The van der Waals surface area contributed by atoms with E-state index in [0.29, 0.717) is 33.7 Å². The van der Waals surface area contributed by atoms with E-state index in [9.17, 15) is 9.59 Å². The molecule has 0 fully saturated rings. The van der Waals surface area contributed by atoms with Crippen LogP contribution in [0.3, 0.4) is 0 Å². The lowest BCUT2D eigenvalue weighted by atomic mass is 10.2. The minimum absolute atomic E-state index is 0.119. The Morgan fingerprint density at radius 2 is 1.73 bits per heavy atom. The number of hydrogen-bond donors (Lipinski definition) is 1. The van der Waals surface area contributed by atoms with Crippen molar-refractivity contribution in [2.24, 2.45) is 0 Å². The predicted octanol–water partition coefficient (Wildman–Crippen LogP) is 6.38. The number of carbonyl (C=O) groups is 2. The molecule has 40 heavy (non-hydrogen) atoms. The fourth-order valence-electron chi connectivity index (χ4n) is 4.17. The Morgan fingerprint density at radius 3 is 2.38 bits per heavy atom. The maximum Gasteiger partial charge on any atom is 0.254 e. The van der Waals surface area contributed by atoms with Crippen molar-refractivity contribution in [1.82, 2.24) is 14.5 Å². The van der Waals surface area contributed by atoms with E-state index < -0.39 is 5.91 Å². The molecule has 8 nitrogen and oxygen atoms in total. The summed E-state index contributed by atoms with van der Waals surface area (Å²) < 4.78 is 12.5. The number of aryl methyl sites for hydroxylation is 1. The number of anilines is 1. The van der Waals surface area contributed by atoms with Crippen molar-refractivity contribution in [3.8, 4) is 22.7 Å². The zero-order valence-corrected chi connectivity index (χ0v) is 22.8. The normalized spacial score (nSPS) is 10.8. The van der Waals surface area contributed by atoms with Crippen molar-refractivity contribution in [2.75, 3.05) is 19.0 Å². The molecule has 202 valence electrons. The van der Waals surface area contributed by atoms with Gasteiger partial charge in [-0.1, -0.05) is 41.4 Å². The molecule has 2 amide bonds. The number of hydrogen-bond acceptors (Lipinski definition) is 5. The van der Waals surface area contributed by atoms with Gasteiger partial charge in [0.1, 0.15) is 18.1 Å². The van der Waals surface area contributed by atoms with Gasteiger partial charge in [-0.15, -0.1) is 0 Å². The van der Waals surface area contributed by atoms with Crippen molar-refractivity contribution >= 4 is 29.4 Å². The van der Waals surface area contributed by atoms with Gasteiger partial charge < -0.3 is 14.1 Å². The lowest BCUT2D eigenvalue weighted by Crippen LogP contribution is -2.37. The number of rotatable bonds is 9. The van der Waals surface area contributed by atoms with Gasteiger partial charge in [0.15, 0.2) is 0 Å². The minimum Gasteiger partial charge on any atom is -0.497 e. The van der Waals surface area contributed by atoms with Gasteiger partial charge in [-0.05, 0) is 67.6 Å². The van der Waals surface area contributed by atoms with Gasteiger partial charge in [-0.3, -0.25) is 19.5 Å². The summed E-state index contributed by atoms with van der Waals surface area (Å²) in [4.78, 5) is 32.9. The highest BCUT2D eigenvalue weighted by Gasteiger charge is 2.22. The largest absolute Gasteiger partial charge is 0.497 e. The monoisotopic (exact) mass is 554 g/mol. The van der Waals surface area contributed by atoms with Crippen molar-refractivity contribution in [3.05, 3.63) is 119 Å². The highest BCUT2D eigenvalue weighted by molar-refractivity contribution is 6.30. The number of halogens is 1. The molecule has 1 N–H and O–H groups in total. The maximum absolute atomic E-state index is 13.4. The summed E-state index contributed by atoms with van der Waals surface area (Å²) >= 11 is 6.07. The summed E-state index contributed by atoms with van der Waals surface area (Å²) in [5, 5.41) is 3.52. The number of carbonyl (C=O) groups excluding carboxylic acids is 2. The Kier molecular flexibility index (Phi) is 7.98. The zero-order chi connectivity index (χ0) is 28.1. The SMILES string of the molecule is COc1ccc(C(=O)N(CC(=O)Nc2nc(-c3ccc(Cl)cc3)cn2-c2ccc(C)cc2)Cc2ccco2)cc1. The molecule has 3 aromatic carbocycles. The van der Waals surface area contributed by atoms with E-state index in [2.05, 4.69) is 5.32 Å². The third-order valence-electron chi connectivity index (χ3n) is 6.29. The summed E-state index contributed by atoms with van der Waals surface area (Å²) in [6, 6.07) is 25.4. The van der Waals surface area contributed by atoms with Crippen LogP contribution in [0.25, 0.3) is 16.9 Å². The van der Waals surface area contributed by atoms with Crippen LogP contribution in [-0.2, 0) is 11.3 Å². The first kappa shape index (κ1) is 26.8. The number of nitrogens with zero attached hydrogens (tertiary/aromatic N) is 3. The Morgan fingerprint density at radius 1 is 1.00 bits per heavy atom. The van der Waals surface area contributed by atoms with E-state index in [-0.39, 0.29) is 19.0 Å². The van der Waals surface area contributed by atoms with Crippen LogP contribution in [0.1, 0.15) is 21.7 Å². The van der Waals surface area contributed by atoms with Crippen molar-refractivity contribution in [3.63, 3.8) is 0 Å². The summed E-state index contributed by atoms with van der Waals surface area (Å²) in [5.41, 5.74) is 3.87. The van der Waals surface area contributed by atoms with Gasteiger partial charge in [0.25, 0.3) is 5.91 Å². The quantitative estimate of drug-likeness (QED) is 0.228. The van der Waals surface area contributed by atoms with Gasteiger partial charge in [-0.25, -0.2) is 4.98 Å². The number of nitrogens with one attached hydrogen (secondary N) is 1. The lowest BCUT2D eigenvalue weighted by Gasteiger charge is -2.21. The van der Waals surface area contributed by atoms with E-state index in [4.69, 9.17) is 25.7 Å². The first-order valence-corrected chi connectivity index (χ1v) is 13.0. The van der Waals surface area contributed by atoms with Crippen molar-refractivity contribution in [1.29, 1.82) is 0 Å². The summed E-state index contributed by atoms with van der Waals surface area (Å²) in [6.07, 6.45) is 3.38.